The van der Waals surface area contributed by atoms with E-state index in [4.69, 9.17) is 0 Å². The van der Waals surface area contributed by atoms with Crippen LogP contribution >= 0.6 is 11.9 Å². The van der Waals surface area contributed by atoms with E-state index in [1.165, 1.54) is 41.8 Å². The molecule has 3 heteroatoms. The van der Waals surface area contributed by atoms with Gasteiger partial charge >= 0.3 is 0 Å². The summed E-state index contributed by atoms with van der Waals surface area (Å²) in [4.78, 5) is 3.96. The Hall–Kier alpha value is -1.71. The summed E-state index contributed by atoms with van der Waals surface area (Å²) in [6.45, 7) is 6.77. The maximum absolute atomic E-state index is 2.60. The highest BCUT2D eigenvalue weighted by Gasteiger charge is 2.12. The maximum atomic E-state index is 2.60. The molecule has 132 valence electrons. The van der Waals surface area contributed by atoms with Crippen LogP contribution in [0.25, 0.3) is 6.08 Å². The molecular formula is C22H28N2S. The first-order valence-corrected chi connectivity index (χ1v) is 10.1. The van der Waals surface area contributed by atoms with Crippen molar-refractivity contribution in [3.63, 3.8) is 0 Å². The van der Waals surface area contributed by atoms with E-state index in [0.717, 1.165) is 19.6 Å². The van der Waals surface area contributed by atoms with Crippen LogP contribution in [0.3, 0.4) is 0 Å². The molecule has 2 aromatic carbocycles. The van der Waals surface area contributed by atoms with Crippen molar-refractivity contribution < 1.29 is 0 Å². The summed E-state index contributed by atoms with van der Waals surface area (Å²) in [6.07, 6.45) is 8.17. The Kier molecular flexibility index (Phi) is 7.01. The summed E-state index contributed by atoms with van der Waals surface area (Å²) in [7, 11) is 0. The van der Waals surface area contributed by atoms with Gasteiger partial charge in [0.05, 0.1) is 0 Å². The smallest absolute Gasteiger partial charge is 0.0359 e. The molecule has 0 saturated heterocycles. The van der Waals surface area contributed by atoms with Crippen molar-refractivity contribution in [3.8, 4) is 0 Å². The third-order valence-electron chi connectivity index (χ3n) is 4.48. The monoisotopic (exact) mass is 352 g/mol. The van der Waals surface area contributed by atoms with Crippen molar-refractivity contribution in [2.75, 3.05) is 19.6 Å². The van der Waals surface area contributed by atoms with E-state index in [9.17, 15) is 0 Å². The molecule has 1 aliphatic rings. The van der Waals surface area contributed by atoms with Gasteiger partial charge in [-0.25, -0.2) is 0 Å². The first-order chi connectivity index (χ1) is 12.3. The van der Waals surface area contributed by atoms with Crippen LogP contribution in [-0.2, 0) is 6.54 Å². The molecule has 0 spiro atoms. The van der Waals surface area contributed by atoms with Gasteiger partial charge in [-0.2, -0.15) is 0 Å². The fourth-order valence-corrected chi connectivity index (χ4v) is 4.06. The molecule has 0 N–H and O–H groups in total. The zero-order valence-electron chi connectivity index (χ0n) is 15.1. The number of rotatable bonds is 9. The SMILES string of the molecule is CCCCN(CCCN1C=Cc2ccccc2S1)Cc1ccccc1. The van der Waals surface area contributed by atoms with E-state index in [0.29, 0.717) is 0 Å². The van der Waals surface area contributed by atoms with Crippen LogP contribution in [0.15, 0.2) is 65.7 Å². The van der Waals surface area contributed by atoms with Gasteiger partial charge in [0.2, 0.25) is 0 Å². The van der Waals surface area contributed by atoms with Crippen LogP contribution in [0.5, 0.6) is 0 Å². The fraction of sp³-hybridized carbons (Fsp3) is 0.364. The molecule has 0 atom stereocenters. The van der Waals surface area contributed by atoms with Gasteiger partial charge in [0, 0.05) is 30.7 Å². The van der Waals surface area contributed by atoms with Gasteiger partial charge in [0.15, 0.2) is 0 Å². The molecule has 1 heterocycles. The Morgan fingerprint density at radius 2 is 1.68 bits per heavy atom. The molecule has 0 amide bonds. The number of nitrogens with zero attached hydrogens (tertiary/aromatic N) is 2. The maximum Gasteiger partial charge on any atom is 0.0359 e. The fourth-order valence-electron chi connectivity index (χ4n) is 3.09. The Bertz CT molecular complexity index is 669. The summed E-state index contributed by atoms with van der Waals surface area (Å²) in [5.41, 5.74) is 2.75. The minimum atomic E-state index is 1.06. The normalized spacial score (nSPS) is 13.3. The molecule has 1 aliphatic heterocycles. The highest BCUT2D eigenvalue weighted by molar-refractivity contribution is 7.97. The first-order valence-electron chi connectivity index (χ1n) is 9.33. The number of hydrogen-bond acceptors (Lipinski definition) is 3. The average Bonchev–Trinajstić information content (AvgIpc) is 2.66. The molecule has 0 fully saturated rings. The van der Waals surface area contributed by atoms with Gasteiger partial charge in [0.1, 0.15) is 0 Å². The highest BCUT2D eigenvalue weighted by atomic mass is 32.2. The van der Waals surface area contributed by atoms with Gasteiger partial charge < -0.3 is 4.31 Å². The van der Waals surface area contributed by atoms with Crippen LogP contribution < -0.4 is 0 Å². The molecule has 0 bridgehead atoms. The summed E-state index contributed by atoms with van der Waals surface area (Å²) < 4.78 is 2.36. The molecular weight excluding hydrogens is 324 g/mol. The predicted octanol–water partition coefficient (Wildman–Crippen LogP) is 5.67. The quantitative estimate of drug-likeness (QED) is 0.537. The number of unbranched alkanes of at least 4 members (excludes halogenated alkanes) is 1. The first kappa shape index (κ1) is 18.1. The summed E-state index contributed by atoms with van der Waals surface area (Å²) in [6, 6.07) is 19.5. The van der Waals surface area contributed by atoms with Crippen molar-refractivity contribution in [2.45, 2.75) is 37.6 Å². The van der Waals surface area contributed by atoms with E-state index < -0.39 is 0 Å². The van der Waals surface area contributed by atoms with Crippen molar-refractivity contribution >= 4 is 18.0 Å². The van der Waals surface area contributed by atoms with Crippen molar-refractivity contribution in [3.05, 3.63) is 71.9 Å². The zero-order valence-corrected chi connectivity index (χ0v) is 15.9. The van der Waals surface area contributed by atoms with Crippen LogP contribution in [0.1, 0.15) is 37.3 Å². The lowest BCUT2D eigenvalue weighted by Crippen LogP contribution is -2.27. The Morgan fingerprint density at radius 1 is 0.920 bits per heavy atom. The Balaban J connectivity index is 1.48. The van der Waals surface area contributed by atoms with Gasteiger partial charge in [0.25, 0.3) is 0 Å². The average molecular weight is 353 g/mol. The van der Waals surface area contributed by atoms with E-state index >= 15 is 0 Å². The molecule has 0 unspecified atom stereocenters. The molecule has 0 radical (unpaired) electrons. The third kappa shape index (κ3) is 5.65. The van der Waals surface area contributed by atoms with E-state index in [-0.39, 0.29) is 0 Å². The Morgan fingerprint density at radius 3 is 2.52 bits per heavy atom. The lowest BCUT2D eigenvalue weighted by Gasteiger charge is -2.26. The summed E-state index contributed by atoms with van der Waals surface area (Å²) in [5.74, 6) is 0. The molecule has 2 nitrogen and oxygen atoms in total. The summed E-state index contributed by atoms with van der Waals surface area (Å²) in [5, 5.41) is 0. The standard InChI is InChI=1S/C22H28N2S/c1-2-3-15-23(19-20-10-5-4-6-11-20)16-9-17-24-18-14-21-12-7-8-13-22(21)25-24/h4-8,10-14,18H,2-3,9,15-17,19H2,1H3. The summed E-state index contributed by atoms with van der Waals surface area (Å²) >= 11 is 1.86. The lowest BCUT2D eigenvalue weighted by atomic mass is 10.2. The molecule has 0 aromatic heterocycles. The minimum Gasteiger partial charge on any atom is -0.319 e. The number of hydrogen-bond donors (Lipinski definition) is 0. The predicted molar refractivity (Wildman–Crippen MR) is 109 cm³/mol. The van der Waals surface area contributed by atoms with E-state index in [2.05, 4.69) is 83.0 Å². The van der Waals surface area contributed by atoms with E-state index in [1.807, 2.05) is 11.9 Å². The largest absolute Gasteiger partial charge is 0.319 e. The Labute approximate surface area is 156 Å². The van der Waals surface area contributed by atoms with Gasteiger partial charge in [-0.05, 0) is 54.6 Å². The molecule has 25 heavy (non-hydrogen) atoms. The topological polar surface area (TPSA) is 6.48 Å². The minimum absolute atomic E-state index is 1.06. The van der Waals surface area contributed by atoms with Gasteiger partial charge in [-0.1, -0.05) is 61.9 Å². The second-order valence-corrected chi connectivity index (χ2v) is 7.65. The van der Waals surface area contributed by atoms with Crippen molar-refractivity contribution in [1.29, 1.82) is 0 Å². The van der Waals surface area contributed by atoms with Crippen molar-refractivity contribution in [2.24, 2.45) is 0 Å². The lowest BCUT2D eigenvalue weighted by molar-refractivity contribution is 0.254. The second-order valence-electron chi connectivity index (χ2n) is 6.55. The van der Waals surface area contributed by atoms with Crippen LogP contribution in [0.2, 0.25) is 0 Å². The molecule has 2 aromatic rings. The third-order valence-corrected chi connectivity index (χ3v) is 5.59. The zero-order chi connectivity index (χ0) is 17.3. The van der Waals surface area contributed by atoms with Crippen LogP contribution in [-0.4, -0.2) is 28.8 Å². The second kappa shape index (κ2) is 9.69. The number of fused-ring (bicyclic) bond motifs is 1. The highest BCUT2D eigenvalue weighted by Crippen LogP contribution is 2.31. The van der Waals surface area contributed by atoms with Crippen molar-refractivity contribution in [1.82, 2.24) is 9.21 Å². The van der Waals surface area contributed by atoms with Crippen LogP contribution in [0, 0.1) is 0 Å². The van der Waals surface area contributed by atoms with Gasteiger partial charge in [-0.3, -0.25) is 4.90 Å². The van der Waals surface area contributed by atoms with Gasteiger partial charge in [-0.15, -0.1) is 0 Å². The molecule has 0 aliphatic carbocycles. The molecule has 3 rings (SSSR count). The van der Waals surface area contributed by atoms with Crippen LogP contribution in [0.4, 0.5) is 0 Å². The number of benzene rings is 2. The molecule has 0 saturated carbocycles. The van der Waals surface area contributed by atoms with E-state index in [1.54, 1.807) is 0 Å².